The third kappa shape index (κ3) is 14.5. The molecular weight excluding hydrogens is 944 g/mol. The fourth-order valence-electron chi connectivity index (χ4n) is 10.1. The van der Waals surface area contributed by atoms with Crippen molar-refractivity contribution in [2.75, 3.05) is 0 Å². The van der Waals surface area contributed by atoms with Crippen LogP contribution in [0.4, 0.5) is 13.2 Å². The summed E-state index contributed by atoms with van der Waals surface area (Å²) in [5.41, 5.74) is 8.45. The minimum Gasteiger partial charge on any atom is -0.164 e. The van der Waals surface area contributed by atoms with Gasteiger partial charge in [-0.3, -0.25) is 0 Å². The maximum absolute atomic E-state index is 11.2. The van der Waals surface area contributed by atoms with Crippen LogP contribution in [0.25, 0.3) is 65.3 Å². The molecule has 0 N–H and O–H groups in total. The molecule has 0 spiro atoms. The van der Waals surface area contributed by atoms with Crippen molar-refractivity contribution in [3.8, 4) is 22.3 Å². The van der Waals surface area contributed by atoms with E-state index < -0.39 is 33.4 Å². The van der Waals surface area contributed by atoms with Gasteiger partial charge in [0.2, 0.25) is 0 Å². The Morgan fingerprint density at radius 1 is 0.523 bits per heavy atom. The van der Waals surface area contributed by atoms with Crippen LogP contribution in [0.15, 0.2) is 146 Å². The number of halogens is 5. The monoisotopic (exact) mass is 1000 g/mol. The molecule has 7 heteroatoms. The fraction of sp³-hybridized carbons (Fsp3) is 0.345. The van der Waals surface area contributed by atoms with Crippen molar-refractivity contribution in [1.29, 1.82) is 0 Å². The van der Waals surface area contributed by atoms with E-state index in [1.165, 1.54) is 166 Å². The summed E-state index contributed by atoms with van der Waals surface area (Å²) in [7, 11) is 10.3. The second-order valence-electron chi connectivity index (χ2n) is 18.1. The number of hydrogen-bond acceptors (Lipinski definition) is 0. The number of benzene rings is 6. The first kappa shape index (κ1) is 49.4. The second kappa shape index (κ2) is 25.1. The van der Waals surface area contributed by atoms with Crippen LogP contribution in [-0.4, -0.2) is 15.7 Å². The standard InChI is InChI=1S/2C27H27.C4H7F3Si.2ClH.Zr/c2*1-2-4-9-20(8-3-1)16-21-17-24-12-7-13-26(27(24)18-21)25-15-14-22-10-5-6-11-23(22)19-25;1-8-3-2-4(5,6)7;;;/h2*5-7,10-15,17-20H,1-4,8-9,16H2;2-3H2,1H3;2*1H;/q2*-1;;;;+4/p-2. The van der Waals surface area contributed by atoms with Crippen LogP contribution >= 0.6 is 17.0 Å². The van der Waals surface area contributed by atoms with Crippen LogP contribution in [0.2, 0.25) is 12.6 Å². The number of rotatable bonds is 8. The second-order valence-corrected chi connectivity index (χ2v) is 23.1. The van der Waals surface area contributed by atoms with Crippen molar-refractivity contribution in [2.45, 2.75) is 115 Å². The van der Waals surface area contributed by atoms with Gasteiger partial charge in [0.15, 0.2) is 0 Å². The molecule has 0 nitrogen and oxygen atoms in total. The molecule has 2 aliphatic carbocycles. The average molecular weight is 1010 g/mol. The van der Waals surface area contributed by atoms with Crippen LogP contribution < -0.4 is 0 Å². The van der Waals surface area contributed by atoms with Crippen LogP contribution in [0.1, 0.15) is 94.6 Å². The zero-order valence-corrected chi connectivity index (χ0v) is 42.7. The molecule has 0 aliphatic heterocycles. The molecule has 0 unspecified atom stereocenters. The molecule has 0 saturated heterocycles. The molecule has 10 rings (SSSR count). The summed E-state index contributed by atoms with van der Waals surface area (Å²) in [6.45, 7) is 1.77. The molecule has 8 aromatic rings. The van der Waals surface area contributed by atoms with Crippen molar-refractivity contribution in [1.82, 2.24) is 0 Å². The first-order valence-corrected chi connectivity index (χ1v) is 31.8. The van der Waals surface area contributed by atoms with E-state index in [4.69, 9.17) is 17.0 Å². The minimum atomic E-state index is -3.94. The van der Waals surface area contributed by atoms with Gasteiger partial charge >= 0.3 is 44.1 Å². The number of fused-ring (bicyclic) bond motifs is 4. The fourth-order valence-corrected chi connectivity index (χ4v) is 10.6. The molecule has 0 amide bonds. The smallest absolute Gasteiger partial charge is 0.0178 e. The quantitative estimate of drug-likeness (QED) is 0.0808. The zero-order valence-electron chi connectivity index (χ0n) is 37.7. The third-order valence-electron chi connectivity index (χ3n) is 13.4. The summed E-state index contributed by atoms with van der Waals surface area (Å²) in [5, 5.41) is 10.9. The normalized spacial score (nSPS) is 14.9. The molecule has 8 aromatic carbocycles. The Labute approximate surface area is 406 Å². The van der Waals surface area contributed by atoms with Gasteiger partial charge in [-0.15, -0.1) is 69.1 Å². The molecule has 0 bridgehead atoms. The summed E-state index contributed by atoms with van der Waals surface area (Å²) < 4.78 is 33.7. The molecule has 2 fully saturated rings. The molecule has 65 heavy (non-hydrogen) atoms. The van der Waals surface area contributed by atoms with E-state index in [0.717, 1.165) is 11.8 Å². The predicted molar refractivity (Wildman–Crippen MR) is 274 cm³/mol. The maximum Gasteiger partial charge on any atom is -0.0178 e. The summed E-state index contributed by atoms with van der Waals surface area (Å²) >= 11 is -0.826. The van der Waals surface area contributed by atoms with E-state index in [0.29, 0.717) is 9.52 Å². The molecule has 0 heterocycles. The van der Waals surface area contributed by atoms with Crippen molar-refractivity contribution >= 4 is 69.6 Å². The Hall–Kier alpha value is -3.47. The Morgan fingerprint density at radius 3 is 1.29 bits per heavy atom. The average Bonchev–Trinajstić information content (AvgIpc) is 3.70. The minimum absolute atomic E-state index is 0.281. The summed E-state index contributed by atoms with van der Waals surface area (Å²) in [4.78, 5) is 0. The Bertz CT molecular complexity index is 2500. The Kier molecular flexibility index (Phi) is 19.1. The number of alkyl halides is 3. The van der Waals surface area contributed by atoms with Crippen LogP contribution in [0.5, 0.6) is 0 Å². The van der Waals surface area contributed by atoms with Gasteiger partial charge in [-0.05, 0) is 69.5 Å². The SMILES string of the molecule is C[Si]CCC(F)(F)F.[Cl][Zr+2][Cl].c1ccc2cc(-c3cccc4[cH-]c(CC5CCCCCC5)cc34)ccc2c1.c1ccc2cc(-c3cccc4[cH-]c(CC5CCCCCC5)cc34)ccc2c1. The van der Waals surface area contributed by atoms with Crippen molar-refractivity contribution in [3.63, 3.8) is 0 Å². The Balaban J connectivity index is 0.000000159. The van der Waals surface area contributed by atoms with E-state index in [9.17, 15) is 13.2 Å². The summed E-state index contributed by atoms with van der Waals surface area (Å²) in [6, 6.07) is 54.6. The summed E-state index contributed by atoms with van der Waals surface area (Å²) in [6.07, 6.45) is 15.0. The van der Waals surface area contributed by atoms with E-state index in [1.807, 2.05) is 0 Å². The summed E-state index contributed by atoms with van der Waals surface area (Å²) in [5.74, 6) is 1.77. The molecule has 2 saturated carbocycles. The maximum atomic E-state index is 11.2. The van der Waals surface area contributed by atoms with Gasteiger partial charge in [0.25, 0.3) is 0 Å². The van der Waals surface area contributed by atoms with Crippen LogP contribution in [0.3, 0.4) is 0 Å². The van der Waals surface area contributed by atoms with E-state index in [2.05, 4.69) is 146 Å². The van der Waals surface area contributed by atoms with E-state index in [-0.39, 0.29) is 6.04 Å². The van der Waals surface area contributed by atoms with Crippen molar-refractivity contribution in [3.05, 3.63) is 157 Å². The van der Waals surface area contributed by atoms with E-state index >= 15 is 0 Å². The largest absolute Gasteiger partial charge is 0.164 e. The first-order valence-electron chi connectivity index (χ1n) is 23.7. The number of hydrogen-bond donors (Lipinski definition) is 0. The van der Waals surface area contributed by atoms with Gasteiger partial charge in [-0.25, -0.2) is 0 Å². The Morgan fingerprint density at radius 2 is 0.923 bits per heavy atom. The van der Waals surface area contributed by atoms with Gasteiger partial charge in [-0.2, -0.15) is 25.3 Å². The molecular formula is C58H61Cl2F3SiZr. The molecule has 0 aromatic heterocycles. The molecule has 0 atom stereocenters. The van der Waals surface area contributed by atoms with E-state index in [1.54, 1.807) is 6.55 Å². The molecule has 2 aliphatic rings. The van der Waals surface area contributed by atoms with Crippen LogP contribution in [-0.2, 0) is 33.7 Å². The predicted octanol–water partition coefficient (Wildman–Crippen LogP) is 19.3. The van der Waals surface area contributed by atoms with Crippen LogP contribution in [0, 0.1) is 11.8 Å². The van der Waals surface area contributed by atoms with Crippen molar-refractivity contribution in [2.24, 2.45) is 11.8 Å². The van der Waals surface area contributed by atoms with Crippen molar-refractivity contribution < 1.29 is 34.0 Å². The van der Waals surface area contributed by atoms with Gasteiger partial charge in [0.1, 0.15) is 0 Å². The third-order valence-corrected chi connectivity index (χ3v) is 14.1. The molecule has 336 valence electrons. The van der Waals surface area contributed by atoms with Gasteiger partial charge in [0, 0.05) is 15.9 Å². The van der Waals surface area contributed by atoms with Gasteiger partial charge < -0.3 is 0 Å². The zero-order chi connectivity index (χ0) is 45.4. The first-order chi connectivity index (χ1) is 31.7. The van der Waals surface area contributed by atoms with Gasteiger partial charge in [-0.1, -0.05) is 186 Å². The topological polar surface area (TPSA) is 0 Å². The van der Waals surface area contributed by atoms with Gasteiger partial charge in [0.05, 0.1) is 0 Å². The molecule has 2 radical (unpaired) electrons.